The van der Waals surface area contributed by atoms with Crippen molar-refractivity contribution in [2.75, 3.05) is 25.6 Å². The number of methoxy groups -OCH3 is 1. The monoisotopic (exact) mass is 466 g/mol. The van der Waals surface area contributed by atoms with Crippen LogP contribution in [0.1, 0.15) is 34.8 Å². The predicted octanol–water partition coefficient (Wildman–Crippen LogP) is 4.25. The van der Waals surface area contributed by atoms with Crippen LogP contribution in [0.15, 0.2) is 36.7 Å². The van der Waals surface area contributed by atoms with Crippen LogP contribution >= 0.6 is 11.6 Å². The molecule has 0 bridgehead atoms. The largest absolute Gasteiger partial charge is 0.493 e. The minimum Gasteiger partial charge on any atom is -0.493 e. The number of carbonyl (C=O) groups is 1. The van der Waals surface area contributed by atoms with E-state index >= 15 is 0 Å². The Labute approximate surface area is 195 Å². The van der Waals surface area contributed by atoms with E-state index in [0.717, 1.165) is 36.4 Å². The van der Waals surface area contributed by atoms with Gasteiger partial charge in [-0.15, -0.1) is 0 Å². The summed E-state index contributed by atoms with van der Waals surface area (Å²) >= 11 is 6.35. The van der Waals surface area contributed by atoms with Crippen LogP contribution in [-0.4, -0.2) is 48.3 Å². The molecule has 3 N–H and O–H groups in total. The van der Waals surface area contributed by atoms with Crippen molar-refractivity contribution >= 4 is 28.9 Å². The molecule has 3 atom stereocenters. The quantitative estimate of drug-likeness (QED) is 0.481. The summed E-state index contributed by atoms with van der Waals surface area (Å²) in [5, 5.41) is 7.00. The molecule has 3 aromatic rings. The van der Waals surface area contributed by atoms with Crippen molar-refractivity contribution in [1.29, 1.82) is 0 Å². The average molecular weight is 467 g/mol. The molecule has 1 amide bonds. The van der Waals surface area contributed by atoms with Crippen LogP contribution in [0.2, 0.25) is 5.02 Å². The number of nitrogens with zero attached hydrogens (tertiary/aromatic N) is 1. The normalized spacial score (nSPS) is 22.5. The van der Waals surface area contributed by atoms with Crippen molar-refractivity contribution in [3.8, 4) is 22.8 Å². The van der Waals surface area contributed by atoms with Crippen molar-refractivity contribution in [3.05, 3.63) is 52.9 Å². The molecule has 9 heteroatoms. The summed E-state index contributed by atoms with van der Waals surface area (Å²) in [4.78, 5) is 20.8. The summed E-state index contributed by atoms with van der Waals surface area (Å²) in [5.41, 5.74) is 4.44. The maximum absolute atomic E-state index is 13.1. The maximum Gasteiger partial charge on any atom is 0.255 e. The zero-order valence-electron chi connectivity index (χ0n) is 18.0. The molecule has 170 valence electrons. The average Bonchev–Trinajstić information content (AvgIpc) is 3.45. The smallest absolute Gasteiger partial charge is 0.255 e. The minimum atomic E-state index is -0.103. The Bertz CT molecular complexity index is 1240. The molecule has 0 unspecified atom stereocenters. The Morgan fingerprint density at radius 3 is 3.00 bits per heavy atom. The van der Waals surface area contributed by atoms with Gasteiger partial charge in [0, 0.05) is 42.4 Å². The van der Waals surface area contributed by atoms with Gasteiger partial charge in [0.25, 0.3) is 5.91 Å². The number of nitrogens with one attached hydrogen (secondary N) is 3. The summed E-state index contributed by atoms with van der Waals surface area (Å²) in [6.07, 6.45) is 5.42. The molecular weight excluding hydrogens is 444 g/mol. The van der Waals surface area contributed by atoms with E-state index in [1.165, 1.54) is 0 Å². The molecule has 3 aliphatic rings. The van der Waals surface area contributed by atoms with E-state index in [1.807, 2.05) is 18.2 Å². The summed E-state index contributed by atoms with van der Waals surface area (Å²) in [5.74, 6) is 1.31. The van der Waals surface area contributed by atoms with Crippen LogP contribution in [0.5, 0.6) is 11.5 Å². The predicted molar refractivity (Wildman–Crippen MR) is 124 cm³/mol. The van der Waals surface area contributed by atoms with Gasteiger partial charge in [-0.25, -0.2) is 0 Å². The number of anilines is 2. The molecule has 1 saturated heterocycles. The van der Waals surface area contributed by atoms with Crippen molar-refractivity contribution in [1.82, 2.24) is 15.3 Å². The van der Waals surface area contributed by atoms with Crippen LogP contribution in [0.3, 0.4) is 0 Å². The lowest BCUT2D eigenvalue weighted by atomic mass is 10.0. The number of pyridine rings is 1. The van der Waals surface area contributed by atoms with Gasteiger partial charge in [0.15, 0.2) is 5.75 Å². The number of H-pyrrole nitrogens is 1. The maximum atomic E-state index is 13.1. The van der Waals surface area contributed by atoms with Crippen LogP contribution in [0.25, 0.3) is 11.3 Å². The highest BCUT2D eigenvalue weighted by Crippen LogP contribution is 2.51. The first-order chi connectivity index (χ1) is 16.1. The fourth-order valence-corrected chi connectivity index (χ4v) is 4.78. The third kappa shape index (κ3) is 3.50. The van der Waals surface area contributed by atoms with Gasteiger partial charge >= 0.3 is 0 Å². The van der Waals surface area contributed by atoms with E-state index in [1.54, 1.807) is 25.6 Å². The van der Waals surface area contributed by atoms with E-state index < -0.39 is 0 Å². The lowest BCUT2D eigenvalue weighted by Crippen LogP contribution is -2.32. The Morgan fingerprint density at radius 2 is 2.21 bits per heavy atom. The third-order valence-electron chi connectivity index (χ3n) is 6.44. The number of aromatic amines is 1. The SMILES string of the molecule is COc1c(Cl)cccc1Nc1c(-c2ccncc2OC[C@H]2CCO2)[nH]c2c1C(=O)N[C@H]1C[C@@H]21. The zero-order chi connectivity index (χ0) is 22.5. The van der Waals surface area contributed by atoms with Crippen LogP contribution in [0, 0.1) is 0 Å². The standard InChI is InChI=1S/C24H23ClN4O4/c1-31-23-15(25)3-2-4-16(23)27-22-19-20(14-9-17(14)28-24(19)30)29-21(22)13-5-7-26-10-18(13)33-11-12-6-8-32-12/h2-5,7,10,12,14,17,27,29H,6,8-9,11H2,1H3,(H,28,30)/t12-,14-,17+/m1/s1. The van der Waals surface area contributed by atoms with E-state index in [-0.39, 0.29) is 24.0 Å². The fourth-order valence-electron chi connectivity index (χ4n) is 4.52. The highest BCUT2D eigenvalue weighted by molar-refractivity contribution is 6.32. The summed E-state index contributed by atoms with van der Waals surface area (Å²) < 4.78 is 17.1. The summed E-state index contributed by atoms with van der Waals surface area (Å²) in [6, 6.07) is 7.54. The molecule has 8 nitrogen and oxygen atoms in total. The highest BCUT2D eigenvalue weighted by atomic mass is 35.5. The van der Waals surface area contributed by atoms with Gasteiger partial charge in [-0.1, -0.05) is 17.7 Å². The van der Waals surface area contributed by atoms with Crippen molar-refractivity contribution in [2.24, 2.45) is 0 Å². The number of halogens is 1. The van der Waals surface area contributed by atoms with Crippen molar-refractivity contribution in [2.45, 2.75) is 30.9 Å². The highest BCUT2D eigenvalue weighted by Gasteiger charge is 2.48. The molecule has 4 heterocycles. The van der Waals surface area contributed by atoms with E-state index in [0.29, 0.717) is 40.1 Å². The molecule has 2 aromatic heterocycles. The molecule has 1 aromatic carbocycles. The van der Waals surface area contributed by atoms with Crippen LogP contribution in [-0.2, 0) is 4.74 Å². The number of fused-ring (bicyclic) bond motifs is 3. The minimum absolute atomic E-state index is 0.0984. The van der Waals surface area contributed by atoms with Gasteiger partial charge in [-0.2, -0.15) is 0 Å². The fraction of sp³-hybridized carbons (Fsp3) is 0.333. The lowest BCUT2D eigenvalue weighted by molar-refractivity contribution is -0.0720. The molecular formula is C24H23ClN4O4. The second-order valence-corrected chi connectivity index (χ2v) is 8.90. The lowest BCUT2D eigenvalue weighted by Gasteiger charge is -2.26. The van der Waals surface area contributed by atoms with E-state index in [9.17, 15) is 4.79 Å². The molecule has 0 radical (unpaired) electrons. The molecule has 33 heavy (non-hydrogen) atoms. The van der Waals surface area contributed by atoms with Crippen LogP contribution < -0.4 is 20.1 Å². The molecule has 2 aliphatic heterocycles. The van der Waals surface area contributed by atoms with Gasteiger partial charge < -0.3 is 29.8 Å². The van der Waals surface area contributed by atoms with Gasteiger partial charge in [-0.05, 0) is 24.6 Å². The number of amides is 1. The van der Waals surface area contributed by atoms with Gasteiger partial charge in [-0.3, -0.25) is 9.78 Å². The van der Waals surface area contributed by atoms with Gasteiger partial charge in [0.05, 0.1) is 47.1 Å². The number of ether oxygens (including phenoxy) is 3. The van der Waals surface area contributed by atoms with Gasteiger partial charge in [0.2, 0.25) is 0 Å². The number of carbonyl (C=O) groups excluding carboxylic acids is 1. The summed E-state index contributed by atoms with van der Waals surface area (Å²) in [6.45, 7) is 1.22. The van der Waals surface area contributed by atoms with Crippen molar-refractivity contribution in [3.63, 3.8) is 0 Å². The number of hydrogen-bond acceptors (Lipinski definition) is 6. The molecule has 6 rings (SSSR count). The molecule has 0 spiro atoms. The van der Waals surface area contributed by atoms with E-state index in [2.05, 4.69) is 20.6 Å². The van der Waals surface area contributed by atoms with E-state index in [4.69, 9.17) is 25.8 Å². The first kappa shape index (κ1) is 20.4. The van der Waals surface area contributed by atoms with Crippen LogP contribution in [0.4, 0.5) is 11.4 Å². The Balaban J connectivity index is 1.46. The van der Waals surface area contributed by atoms with Gasteiger partial charge in [0.1, 0.15) is 12.4 Å². The molecule has 2 fully saturated rings. The molecule has 1 aliphatic carbocycles. The number of para-hydroxylation sites is 1. The first-order valence-electron chi connectivity index (χ1n) is 11.0. The third-order valence-corrected chi connectivity index (χ3v) is 6.73. The Kier molecular flexibility index (Phi) is 4.92. The first-order valence-corrected chi connectivity index (χ1v) is 11.4. The second kappa shape index (κ2) is 7.97. The summed E-state index contributed by atoms with van der Waals surface area (Å²) in [7, 11) is 1.57. The Hall–Kier alpha value is -3.23. The Morgan fingerprint density at radius 1 is 1.33 bits per heavy atom. The second-order valence-electron chi connectivity index (χ2n) is 8.50. The number of rotatable bonds is 7. The topological polar surface area (TPSA) is 97.5 Å². The number of hydrogen-bond donors (Lipinski definition) is 3. The number of benzene rings is 1. The number of aromatic nitrogens is 2. The zero-order valence-corrected chi connectivity index (χ0v) is 18.7. The molecule has 1 saturated carbocycles. The van der Waals surface area contributed by atoms with Crippen molar-refractivity contribution < 1.29 is 19.0 Å².